The van der Waals surface area contributed by atoms with Crippen molar-refractivity contribution in [1.29, 1.82) is 0 Å². The van der Waals surface area contributed by atoms with Gasteiger partial charge < -0.3 is 25.1 Å². The highest BCUT2D eigenvalue weighted by Crippen LogP contribution is 2.30. The fraction of sp³-hybridized carbons (Fsp3) is 0.150. The summed E-state index contributed by atoms with van der Waals surface area (Å²) < 4.78 is 18.6. The molecule has 10 heteroatoms. The van der Waals surface area contributed by atoms with Crippen molar-refractivity contribution >= 4 is 29.4 Å². The normalized spacial score (nSPS) is 11.0. The third kappa shape index (κ3) is 3.82. The monoisotopic (exact) mass is 407 g/mol. The van der Waals surface area contributed by atoms with Crippen LogP contribution in [-0.2, 0) is 6.54 Å². The number of H-pyrrole nitrogens is 1. The number of hydrogen-bond donors (Lipinski definition) is 4. The first kappa shape index (κ1) is 19.8. The lowest BCUT2D eigenvalue weighted by atomic mass is 9.79. The number of rotatable bonds is 6. The molecule has 0 aliphatic rings. The second kappa shape index (κ2) is 8.09. The smallest absolute Gasteiger partial charge is 0.467 e. The molecule has 30 heavy (non-hydrogen) atoms. The zero-order valence-corrected chi connectivity index (χ0v) is 16.3. The largest absolute Gasteiger partial charge is 0.490 e. The zero-order valence-electron chi connectivity index (χ0n) is 16.3. The van der Waals surface area contributed by atoms with Crippen molar-refractivity contribution in [1.82, 2.24) is 19.9 Å². The van der Waals surface area contributed by atoms with E-state index in [0.29, 0.717) is 28.9 Å². The number of para-hydroxylation sites is 1. The van der Waals surface area contributed by atoms with E-state index in [0.717, 1.165) is 16.6 Å². The van der Waals surface area contributed by atoms with Crippen molar-refractivity contribution in [3.63, 3.8) is 0 Å². The summed E-state index contributed by atoms with van der Waals surface area (Å²) in [6, 6.07) is 11.6. The minimum atomic E-state index is -1.61. The van der Waals surface area contributed by atoms with Crippen LogP contribution in [0.4, 0.5) is 10.3 Å². The number of methoxy groups -OCH3 is 1. The summed E-state index contributed by atoms with van der Waals surface area (Å²) in [6.07, 6.45) is 0. The Labute approximate surface area is 172 Å². The summed E-state index contributed by atoms with van der Waals surface area (Å²) in [6.45, 7) is 2.16. The van der Waals surface area contributed by atoms with Crippen molar-refractivity contribution < 1.29 is 19.2 Å². The van der Waals surface area contributed by atoms with Gasteiger partial charge in [-0.15, -0.1) is 0 Å². The molecule has 4 aromatic rings. The molecule has 2 heterocycles. The molecule has 0 saturated heterocycles. The Morgan fingerprint density at radius 1 is 1.13 bits per heavy atom. The number of benzene rings is 2. The van der Waals surface area contributed by atoms with Crippen molar-refractivity contribution in [2.75, 3.05) is 12.4 Å². The SMILES string of the molecule is COc1nc(NCc2cccc(F)c2)nc(-c2c(C)[nH]c3c(B(O)O)cccc23)n1. The molecule has 0 radical (unpaired) electrons. The number of aromatic amines is 1. The first-order valence-electron chi connectivity index (χ1n) is 9.22. The number of anilines is 1. The molecule has 0 fully saturated rings. The zero-order chi connectivity index (χ0) is 21.3. The second-order valence-electron chi connectivity index (χ2n) is 6.72. The van der Waals surface area contributed by atoms with Crippen LogP contribution >= 0.6 is 0 Å². The van der Waals surface area contributed by atoms with E-state index in [4.69, 9.17) is 4.74 Å². The summed E-state index contributed by atoms with van der Waals surface area (Å²) in [5.41, 5.74) is 3.13. The Balaban J connectivity index is 1.75. The van der Waals surface area contributed by atoms with Crippen LogP contribution in [0, 0.1) is 12.7 Å². The number of aryl methyl sites for hydroxylation is 1. The van der Waals surface area contributed by atoms with Gasteiger partial charge in [-0.3, -0.25) is 0 Å². The van der Waals surface area contributed by atoms with Gasteiger partial charge in [0.15, 0.2) is 5.82 Å². The first-order valence-corrected chi connectivity index (χ1v) is 9.22. The van der Waals surface area contributed by atoms with E-state index in [1.54, 1.807) is 24.3 Å². The van der Waals surface area contributed by atoms with Crippen LogP contribution < -0.4 is 15.5 Å². The van der Waals surface area contributed by atoms with Crippen molar-refractivity contribution in [2.45, 2.75) is 13.5 Å². The molecule has 152 valence electrons. The molecule has 0 atom stereocenters. The highest BCUT2D eigenvalue weighted by molar-refractivity contribution is 6.61. The molecule has 0 spiro atoms. The minimum Gasteiger partial charge on any atom is -0.467 e. The van der Waals surface area contributed by atoms with Crippen LogP contribution in [0.1, 0.15) is 11.3 Å². The number of nitrogens with zero attached hydrogens (tertiary/aromatic N) is 3. The van der Waals surface area contributed by atoms with Gasteiger partial charge in [-0.1, -0.05) is 30.3 Å². The maximum atomic E-state index is 13.4. The van der Waals surface area contributed by atoms with Gasteiger partial charge in [-0.2, -0.15) is 15.0 Å². The molecule has 0 saturated carbocycles. The van der Waals surface area contributed by atoms with Crippen LogP contribution in [0.5, 0.6) is 6.01 Å². The molecule has 0 bridgehead atoms. The average molecular weight is 407 g/mol. The molecule has 0 amide bonds. The Bertz CT molecular complexity index is 1210. The average Bonchev–Trinajstić information content (AvgIpc) is 3.07. The Hall–Kier alpha value is -3.50. The third-order valence-corrected chi connectivity index (χ3v) is 4.69. The minimum absolute atomic E-state index is 0.119. The van der Waals surface area contributed by atoms with Crippen LogP contribution in [0.3, 0.4) is 0 Å². The third-order valence-electron chi connectivity index (χ3n) is 4.69. The number of nitrogens with one attached hydrogen (secondary N) is 2. The lowest BCUT2D eigenvalue weighted by Crippen LogP contribution is -2.30. The topological polar surface area (TPSA) is 116 Å². The Kier molecular flexibility index (Phi) is 5.34. The van der Waals surface area contributed by atoms with Gasteiger partial charge in [-0.05, 0) is 24.6 Å². The van der Waals surface area contributed by atoms with E-state index in [2.05, 4.69) is 25.3 Å². The molecular weight excluding hydrogens is 388 g/mol. The van der Waals surface area contributed by atoms with Gasteiger partial charge in [0, 0.05) is 34.2 Å². The predicted octanol–water partition coefficient (Wildman–Crippen LogP) is 1.77. The van der Waals surface area contributed by atoms with Crippen LogP contribution in [0.2, 0.25) is 0 Å². The van der Waals surface area contributed by atoms with Gasteiger partial charge in [0.25, 0.3) is 0 Å². The van der Waals surface area contributed by atoms with Gasteiger partial charge in [0.1, 0.15) is 5.82 Å². The highest BCUT2D eigenvalue weighted by atomic mass is 19.1. The van der Waals surface area contributed by atoms with E-state index in [1.807, 2.05) is 13.0 Å². The number of fused-ring (bicyclic) bond motifs is 1. The molecule has 0 unspecified atom stereocenters. The van der Waals surface area contributed by atoms with Crippen LogP contribution in [-0.4, -0.2) is 44.2 Å². The van der Waals surface area contributed by atoms with Crippen LogP contribution in [0.25, 0.3) is 22.3 Å². The fourth-order valence-corrected chi connectivity index (χ4v) is 3.34. The van der Waals surface area contributed by atoms with Gasteiger partial charge >= 0.3 is 13.1 Å². The number of hydrogen-bond acceptors (Lipinski definition) is 7. The summed E-state index contributed by atoms with van der Waals surface area (Å²) in [7, 11) is -0.159. The highest BCUT2D eigenvalue weighted by Gasteiger charge is 2.21. The standard InChI is InChI=1S/C20H19BFN5O3/c1-11-16(14-7-4-8-15(21(28)29)17(14)24-11)18-25-19(27-20(26-18)30-2)23-10-12-5-3-6-13(22)9-12/h3-9,24,28-29H,10H2,1-2H3,(H,23,25,26,27). The van der Waals surface area contributed by atoms with Gasteiger partial charge in [0.2, 0.25) is 5.95 Å². The lowest BCUT2D eigenvalue weighted by molar-refractivity contribution is 0.379. The van der Waals surface area contributed by atoms with E-state index in [9.17, 15) is 14.4 Å². The predicted molar refractivity (Wildman–Crippen MR) is 112 cm³/mol. The van der Waals surface area contributed by atoms with Crippen molar-refractivity contribution in [3.05, 3.63) is 59.5 Å². The first-order chi connectivity index (χ1) is 14.5. The summed E-state index contributed by atoms with van der Waals surface area (Å²) in [5, 5.41) is 23.1. The maximum absolute atomic E-state index is 13.4. The number of ether oxygens (including phenoxy) is 1. The number of aromatic nitrogens is 4. The number of halogens is 1. The molecule has 8 nitrogen and oxygen atoms in total. The van der Waals surface area contributed by atoms with E-state index >= 15 is 0 Å². The van der Waals surface area contributed by atoms with E-state index < -0.39 is 7.12 Å². The molecule has 0 aliphatic heterocycles. The molecule has 4 N–H and O–H groups in total. The molecule has 2 aromatic carbocycles. The van der Waals surface area contributed by atoms with Crippen molar-refractivity contribution in [3.8, 4) is 17.4 Å². The van der Waals surface area contributed by atoms with E-state index in [1.165, 1.54) is 19.2 Å². The molecular formula is C20H19BFN5O3. The summed E-state index contributed by atoms with van der Waals surface area (Å²) >= 11 is 0. The van der Waals surface area contributed by atoms with Gasteiger partial charge in [0.05, 0.1) is 7.11 Å². The quantitative estimate of drug-likeness (QED) is 0.360. The fourth-order valence-electron chi connectivity index (χ4n) is 3.34. The lowest BCUT2D eigenvalue weighted by Gasteiger charge is -2.09. The summed E-state index contributed by atoms with van der Waals surface area (Å²) in [5.74, 6) is 0.310. The Morgan fingerprint density at radius 2 is 1.93 bits per heavy atom. The van der Waals surface area contributed by atoms with E-state index in [-0.39, 0.29) is 17.8 Å². The molecule has 4 rings (SSSR count). The van der Waals surface area contributed by atoms with Crippen LogP contribution in [0.15, 0.2) is 42.5 Å². The second-order valence-corrected chi connectivity index (χ2v) is 6.72. The Morgan fingerprint density at radius 3 is 2.67 bits per heavy atom. The van der Waals surface area contributed by atoms with Gasteiger partial charge in [-0.25, -0.2) is 4.39 Å². The maximum Gasteiger partial charge on any atom is 0.490 e. The molecule has 0 aliphatic carbocycles. The van der Waals surface area contributed by atoms with Crippen molar-refractivity contribution in [2.24, 2.45) is 0 Å². The summed E-state index contributed by atoms with van der Waals surface area (Å²) in [4.78, 5) is 16.2. The molecule has 2 aromatic heterocycles.